The maximum atomic E-state index is 12.2. The fourth-order valence-electron chi connectivity index (χ4n) is 2.50. The number of anilines is 1. The van der Waals surface area contributed by atoms with Crippen LogP contribution < -0.4 is 10.6 Å². The zero-order chi connectivity index (χ0) is 13.8. The lowest BCUT2D eigenvalue weighted by atomic mass is 10.0. The third kappa shape index (κ3) is 2.64. The summed E-state index contributed by atoms with van der Waals surface area (Å²) >= 11 is 0. The molecule has 1 aromatic heterocycles. The highest BCUT2D eigenvalue weighted by atomic mass is 16.1. The minimum absolute atomic E-state index is 0.0818. The van der Waals surface area contributed by atoms with Gasteiger partial charge in [-0.15, -0.1) is 0 Å². The molecule has 1 aliphatic rings. The first-order chi connectivity index (χ1) is 9.84. The predicted octanol–water partition coefficient (Wildman–Crippen LogP) is 1.95. The highest BCUT2D eigenvalue weighted by Crippen LogP contribution is 2.30. The Morgan fingerprint density at radius 2 is 2.10 bits per heavy atom. The maximum absolute atomic E-state index is 12.2. The lowest BCUT2D eigenvalue weighted by Crippen LogP contribution is -2.32. The van der Waals surface area contributed by atoms with Crippen LogP contribution in [0.5, 0.6) is 0 Å². The number of amides is 1. The van der Waals surface area contributed by atoms with Gasteiger partial charge in [0, 0.05) is 37.1 Å². The first kappa shape index (κ1) is 12.7. The summed E-state index contributed by atoms with van der Waals surface area (Å²) in [5.74, 6) is -0.00619. The minimum atomic E-state index is -0.0880. The third-order valence-electron chi connectivity index (χ3n) is 3.56. The highest BCUT2D eigenvalue weighted by molar-refractivity contribution is 5.88. The molecule has 20 heavy (non-hydrogen) atoms. The summed E-state index contributed by atoms with van der Waals surface area (Å²) in [4.78, 5) is 16.5. The normalized spacial score (nSPS) is 16.3. The first-order valence-electron chi connectivity index (χ1n) is 6.85. The van der Waals surface area contributed by atoms with Crippen LogP contribution >= 0.6 is 0 Å². The molecule has 2 heterocycles. The number of carbonyl (C=O) groups excluding carboxylic acids is 1. The van der Waals surface area contributed by atoms with Crippen molar-refractivity contribution >= 4 is 11.6 Å². The number of nitrogens with one attached hydrogen (secondary N) is 2. The van der Waals surface area contributed by atoms with Crippen LogP contribution in [0.1, 0.15) is 17.2 Å². The molecule has 0 radical (unpaired) electrons. The molecule has 0 saturated heterocycles. The molecular formula is C16H17N3O. The van der Waals surface area contributed by atoms with Crippen LogP contribution in [0.25, 0.3) is 0 Å². The Kier molecular flexibility index (Phi) is 3.63. The van der Waals surface area contributed by atoms with Crippen LogP contribution in [0.4, 0.5) is 5.69 Å². The molecule has 1 aromatic carbocycles. The minimum Gasteiger partial charge on any atom is -0.384 e. The molecule has 2 aromatic rings. The van der Waals surface area contributed by atoms with Crippen LogP contribution in [-0.4, -0.2) is 24.0 Å². The molecule has 0 aliphatic carbocycles. The van der Waals surface area contributed by atoms with Gasteiger partial charge in [0.1, 0.15) is 0 Å². The molecule has 0 fully saturated rings. The fourth-order valence-corrected chi connectivity index (χ4v) is 2.50. The summed E-state index contributed by atoms with van der Waals surface area (Å²) in [5, 5.41) is 6.26. The lowest BCUT2D eigenvalue weighted by Gasteiger charge is -2.11. The predicted molar refractivity (Wildman–Crippen MR) is 78.6 cm³/mol. The van der Waals surface area contributed by atoms with Gasteiger partial charge in [0.2, 0.25) is 5.91 Å². The van der Waals surface area contributed by atoms with Gasteiger partial charge in [0.15, 0.2) is 0 Å². The largest absolute Gasteiger partial charge is 0.384 e. The fraction of sp³-hybridized carbons (Fsp3) is 0.250. The highest BCUT2D eigenvalue weighted by Gasteiger charge is 2.27. The van der Waals surface area contributed by atoms with Gasteiger partial charge in [0.05, 0.1) is 5.92 Å². The van der Waals surface area contributed by atoms with E-state index in [4.69, 9.17) is 0 Å². The lowest BCUT2D eigenvalue weighted by molar-refractivity contribution is -0.122. The molecule has 1 amide bonds. The van der Waals surface area contributed by atoms with E-state index in [0.717, 1.165) is 23.4 Å². The van der Waals surface area contributed by atoms with Crippen molar-refractivity contribution in [2.45, 2.75) is 12.3 Å². The molecular weight excluding hydrogens is 250 g/mol. The van der Waals surface area contributed by atoms with E-state index in [1.165, 1.54) is 0 Å². The van der Waals surface area contributed by atoms with Crippen molar-refractivity contribution < 1.29 is 4.79 Å². The number of para-hydroxylation sites is 1. The van der Waals surface area contributed by atoms with Gasteiger partial charge in [-0.05, 0) is 23.8 Å². The van der Waals surface area contributed by atoms with Crippen molar-refractivity contribution in [2.24, 2.45) is 0 Å². The Hall–Kier alpha value is -2.36. The number of hydrogen-bond acceptors (Lipinski definition) is 3. The van der Waals surface area contributed by atoms with E-state index in [2.05, 4.69) is 15.6 Å². The molecule has 1 unspecified atom stereocenters. The van der Waals surface area contributed by atoms with E-state index >= 15 is 0 Å². The number of fused-ring (bicyclic) bond motifs is 1. The average Bonchev–Trinajstić information content (AvgIpc) is 2.92. The number of pyridine rings is 1. The number of aromatic nitrogens is 1. The molecule has 4 nitrogen and oxygen atoms in total. The van der Waals surface area contributed by atoms with Crippen LogP contribution in [0, 0.1) is 0 Å². The summed E-state index contributed by atoms with van der Waals surface area (Å²) in [6.07, 6.45) is 2.53. The van der Waals surface area contributed by atoms with Crippen LogP contribution in [-0.2, 0) is 11.2 Å². The topological polar surface area (TPSA) is 54.0 Å². The second-order valence-electron chi connectivity index (χ2n) is 4.88. The summed E-state index contributed by atoms with van der Waals surface area (Å²) < 4.78 is 0. The van der Waals surface area contributed by atoms with E-state index in [1.54, 1.807) is 6.20 Å². The zero-order valence-corrected chi connectivity index (χ0v) is 11.2. The molecule has 2 N–H and O–H groups in total. The summed E-state index contributed by atoms with van der Waals surface area (Å²) in [6, 6.07) is 13.8. The van der Waals surface area contributed by atoms with Gasteiger partial charge in [-0.3, -0.25) is 9.78 Å². The maximum Gasteiger partial charge on any atom is 0.229 e. The smallest absolute Gasteiger partial charge is 0.229 e. The SMILES string of the molecule is O=C(NCCc1ccccn1)C1CNc2ccccc21. The summed E-state index contributed by atoms with van der Waals surface area (Å²) in [6.45, 7) is 1.29. The van der Waals surface area contributed by atoms with Crippen LogP contribution in [0.3, 0.4) is 0 Å². The molecule has 1 aliphatic heterocycles. The van der Waals surface area contributed by atoms with Crippen molar-refractivity contribution in [3.63, 3.8) is 0 Å². The number of carbonyl (C=O) groups is 1. The van der Waals surface area contributed by atoms with Crippen molar-refractivity contribution in [3.05, 3.63) is 59.9 Å². The second-order valence-corrected chi connectivity index (χ2v) is 4.88. The Morgan fingerprint density at radius 3 is 2.95 bits per heavy atom. The van der Waals surface area contributed by atoms with Crippen molar-refractivity contribution in [3.8, 4) is 0 Å². The van der Waals surface area contributed by atoms with Gasteiger partial charge in [-0.1, -0.05) is 24.3 Å². The van der Waals surface area contributed by atoms with Crippen molar-refractivity contribution in [1.82, 2.24) is 10.3 Å². The van der Waals surface area contributed by atoms with Gasteiger partial charge in [-0.2, -0.15) is 0 Å². The Balaban J connectivity index is 1.56. The molecule has 1 atom stereocenters. The monoisotopic (exact) mass is 267 g/mol. The summed E-state index contributed by atoms with van der Waals surface area (Å²) in [5.41, 5.74) is 3.15. The molecule has 102 valence electrons. The summed E-state index contributed by atoms with van der Waals surface area (Å²) in [7, 11) is 0. The van der Waals surface area contributed by atoms with E-state index in [-0.39, 0.29) is 11.8 Å². The number of benzene rings is 1. The van der Waals surface area contributed by atoms with Crippen molar-refractivity contribution in [1.29, 1.82) is 0 Å². The first-order valence-corrected chi connectivity index (χ1v) is 6.85. The molecule has 3 rings (SSSR count). The van der Waals surface area contributed by atoms with Gasteiger partial charge >= 0.3 is 0 Å². The van der Waals surface area contributed by atoms with Gasteiger partial charge in [-0.25, -0.2) is 0 Å². The van der Waals surface area contributed by atoms with Crippen molar-refractivity contribution in [2.75, 3.05) is 18.4 Å². The molecule has 0 saturated carbocycles. The van der Waals surface area contributed by atoms with Crippen LogP contribution in [0.2, 0.25) is 0 Å². The molecule has 0 spiro atoms. The zero-order valence-electron chi connectivity index (χ0n) is 11.2. The molecule has 4 heteroatoms. The second kappa shape index (κ2) is 5.74. The van der Waals surface area contributed by atoms with E-state index in [1.807, 2.05) is 42.5 Å². The van der Waals surface area contributed by atoms with Gasteiger partial charge in [0.25, 0.3) is 0 Å². The Labute approximate surface area is 118 Å². The van der Waals surface area contributed by atoms with E-state index < -0.39 is 0 Å². The Morgan fingerprint density at radius 1 is 1.25 bits per heavy atom. The number of nitrogens with zero attached hydrogens (tertiary/aromatic N) is 1. The van der Waals surface area contributed by atoms with Crippen LogP contribution in [0.15, 0.2) is 48.7 Å². The third-order valence-corrected chi connectivity index (χ3v) is 3.56. The quantitative estimate of drug-likeness (QED) is 0.890. The molecule has 0 bridgehead atoms. The Bertz CT molecular complexity index is 598. The number of hydrogen-bond donors (Lipinski definition) is 2. The van der Waals surface area contributed by atoms with Gasteiger partial charge < -0.3 is 10.6 Å². The average molecular weight is 267 g/mol. The van der Waals surface area contributed by atoms with E-state index in [0.29, 0.717) is 13.1 Å². The standard InChI is InChI=1S/C16H17N3O/c20-16(18-10-8-12-5-3-4-9-17-12)14-11-19-15-7-2-1-6-13(14)15/h1-7,9,14,19H,8,10-11H2,(H,18,20). The van der Waals surface area contributed by atoms with E-state index in [9.17, 15) is 4.79 Å². The number of rotatable bonds is 4.